The first-order valence-corrected chi connectivity index (χ1v) is 11.7. The van der Waals surface area contributed by atoms with E-state index in [4.69, 9.17) is 32.2 Å². The van der Waals surface area contributed by atoms with Crippen LogP contribution in [0.5, 0.6) is 0 Å². The third-order valence-electron chi connectivity index (χ3n) is 5.31. The topological polar surface area (TPSA) is 52.1 Å². The minimum absolute atomic E-state index is 0.653. The average Bonchev–Trinajstić information content (AvgIpc) is 3.43. The third kappa shape index (κ3) is 3.89. The highest BCUT2D eigenvalue weighted by Gasteiger charge is 2.14. The van der Waals surface area contributed by atoms with Gasteiger partial charge in [-0.25, -0.2) is 0 Å². The molecule has 2 heterocycles. The van der Waals surface area contributed by atoms with Gasteiger partial charge >= 0.3 is 0 Å². The van der Waals surface area contributed by atoms with Gasteiger partial charge in [-0.2, -0.15) is 0 Å². The molecule has 160 valence electrons. The van der Waals surface area contributed by atoms with Gasteiger partial charge in [-0.1, -0.05) is 69.5 Å². The Kier molecular flexibility index (Phi) is 5.10. The van der Waals surface area contributed by atoms with Crippen molar-refractivity contribution in [3.8, 4) is 22.6 Å². The Morgan fingerprint density at radius 1 is 0.576 bits per heavy atom. The second-order valence-electron chi connectivity index (χ2n) is 7.50. The molecule has 0 aliphatic rings. The van der Waals surface area contributed by atoms with Crippen molar-refractivity contribution in [3.63, 3.8) is 0 Å². The Morgan fingerprint density at radius 3 is 1.52 bits per heavy atom. The van der Waals surface area contributed by atoms with Crippen molar-refractivity contribution in [2.75, 3.05) is 0 Å². The molecule has 0 N–H and O–H groups in total. The van der Waals surface area contributed by atoms with Gasteiger partial charge in [-0.15, -0.1) is 0 Å². The number of aromatic nitrogens is 2. The molecule has 0 amide bonds. The van der Waals surface area contributed by atoms with Crippen molar-refractivity contribution in [1.82, 2.24) is 10.3 Å². The van der Waals surface area contributed by atoms with Gasteiger partial charge in [0, 0.05) is 31.0 Å². The van der Waals surface area contributed by atoms with Gasteiger partial charge in [-0.05, 0) is 60.7 Å². The Bertz CT molecular complexity index is 1520. The number of benzene rings is 4. The molecule has 0 aliphatic carbocycles. The molecule has 0 unspecified atom stereocenters. The molecule has 4 aromatic carbocycles. The van der Waals surface area contributed by atoms with Crippen LogP contribution in [0.15, 0.2) is 104 Å². The minimum Gasteiger partial charge on any atom is -0.355 e. The minimum atomic E-state index is 0.653. The lowest BCUT2D eigenvalue weighted by Gasteiger charge is -2.04. The van der Waals surface area contributed by atoms with Crippen molar-refractivity contribution < 1.29 is 9.05 Å². The van der Waals surface area contributed by atoms with Gasteiger partial charge in [0.15, 0.2) is 11.5 Å². The first-order valence-electron chi connectivity index (χ1n) is 10.1. The van der Waals surface area contributed by atoms with E-state index in [1.165, 1.54) is 0 Å². The van der Waals surface area contributed by atoms with Crippen molar-refractivity contribution in [1.29, 1.82) is 0 Å². The molecular weight excluding hydrogens is 475 g/mol. The molecular formula is C26H14Cl2N2O2S. The van der Waals surface area contributed by atoms with Gasteiger partial charge in [0.1, 0.15) is 11.0 Å². The molecule has 0 saturated heterocycles. The monoisotopic (exact) mass is 488 g/mol. The molecule has 0 saturated carbocycles. The van der Waals surface area contributed by atoms with Crippen LogP contribution in [0.4, 0.5) is 0 Å². The Balaban J connectivity index is 1.38. The van der Waals surface area contributed by atoms with Crippen molar-refractivity contribution in [2.45, 2.75) is 9.79 Å². The summed E-state index contributed by atoms with van der Waals surface area (Å²) in [6, 6.07) is 27.3. The number of rotatable bonds is 4. The fourth-order valence-corrected chi connectivity index (χ4v) is 5.06. The zero-order valence-electron chi connectivity index (χ0n) is 17.0. The maximum atomic E-state index is 6.17. The molecule has 6 aromatic rings. The fraction of sp³-hybridized carbons (Fsp3) is 0. The maximum absolute atomic E-state index is 6.17. The summed E-state index contributed by atoms with van der Waals surface area (Å²) >= 11 is 14.0. The van der Waals surface area contributed by atoms with E-state index in [9.17, 15) is 0 Å². The molecule has 0 aliphatic heterocycles. The standard InChI is InChI=1S/C26H14Cl2N2O2S/c27-17-5-1-3-15(11-17)25-21-13-19(7-9-23(21)29-31-25)33-20-8-10-24-22(14-20)26(32-30-24)16-4-2-6-18(28)12-16/h1-14H. The highest BCUT2D eigenvalue weighted by molar-refractivity contribution is 7.99. The summed E-state index contributed by atoms with van der Waals surface area (Å²) in [4.78, 5) is 2.13. The summed E-state index contributed by atoms with van der Waals surface area (Å²) in [5, 5.41) is 11.6. The van der Waals surface area contributed by atoms with Gasteiger partial charge in [0.2, 0.25) is 0 Å². The molecule has 6 rings (SSSR count). The van der Waals surface area contributed by atoms with Crippen molar-refractivity contribution in [2.24, 2.45) is 0 Å². The summed E-state index contributed by atoms with van der Waals surface area (Å²) < 4.78 is 11.3. The van der Waals surface area contributed by atoms with Crippen LogP contribution in [0.2, 0.25) is 10.0 Å². The van der Waals surface area contributed by atoms with Crippen LogP contribution in [-0.2, 0) is 0 Å². The van der Waals surface area contributed by atoms with Crippen LogP contribution in [0.25, 0.3) is 44.5 Å². The number of fused-ring (bicyclic) bond motifs is 2. The van der Waals surface area contributed by atoms with E-state index in [1.54, 1.807) is 11.8 Å². The Morgan fingerprint density at radius 2 is 1.06 bits per heavy atom. The van der Waals surface area contributed by atoms with Gasteiger partial charge in [0.05, 0.1) is 10.8 Å². The number of hydrogen-bond donors (Lipinski definition) is 0. The van der Waals surface area contributed by atoms with E-state index in [0.717, 1.165) is 42.7 Å². The van der Waals surface area contributed by atoms with Crippen molar-refractivity contribution in [3.05, 3.63) is 95.0 Å². The normalized spacial score (nSPS) is 11.5. The fourth-order valence-electron chi connectivity index (χ4n) is 3.78. The highest BCUT2D eigenvalue weighted by atomic mass is 35.5. The number of halogens is 2. The molecule has 0 bridgehead atoms. The zero-order valence-corrected chi connectivity index (χ0v) is 19.3. The zero-order chi connectivity index (χ0) is 22.4. The molecule has 4 nitrogen and oxygen atoms in total. The first-order chi connectivity index (χ1) is 16.1. The largest absolute Gasteiger partial charge is 0.355 e. The summed E-state index contributed by atoms with van der Waals surface area (Å²) in [5.41, 5.74) is 3.38. The summed E-state index contributed by atoms with van der Waals surface area (Å²) in [6.45, 7) is 0. The predicted molar refractivity (Wildman–Crippen MR) is 133 cm³/mol. The Hall–Kier alpha value is -3.25. The second kappa shape index (κ2) is 8.27. The lowest BCUT2D eigenvalue weighted by atomic mass is 10.1. The van der Waals surface area contributed by atoms with Crippen LogP contribution in [0.1, 0.15) is 0 Å². The predicted octanol–water partition coefficient (Wildman–Crippen LogP) is 8.76. The van der Waals surface area contributed by atoms with Crippen molar-refractivity contribution >= 4 is 56.8 Å². The van der Waals surface area contributed by atoms with E-state index in [1.807, 2.05) is 72.8 Å². The average molecular weight is 489 g/mol. The van der Waals surface area contributed by atoms with Crippen LogP contribution in [0.3, 0.4) is 0 Å². The van der Waals surface area contributed by atoms with Gasteiger partial charge in [-0.3, -0.25) is 0 Å². The molecule has 7 heteroatoms. The molecule has 2 aromatic heterocycles. The van der Waals surface area contributed by atoms with E-state index in [0.29, 0.717) is 21.6 Å². The summed E-state index contributed by atoms with van der Waals surface area (Å²) in [6.07, 6.45) is 0. The lowest BCUT2D eigenvalue weighted by Crippen LogP contribution is -1.79. The number of hydrogen-bond acceptors (Lipinski definition) is 5. The highest BCUT2D eigenvalue weighted by Crippen LogP contribution is 2.38. The van der Waals surface area contributed by atoms with E-state index in [2.05, 4.69) is 22.4 Å². The summed E-state index contributed by atoms with van der Waals surface area (Å²) in [7, 11) is 0. The van der Waals surface area contributed by atoms with Crippen LogP contribution in [-0.4, -0.2) is 10.3 Å². The molecule has 0 radical (unpaired) electrons. The van der Waals surface area contributed by atoms with Crippen LogP contribution >= 0.6 is 35.0 Å². The molecule has 0 atom stereocenters. The molecule has 0 spiro atoms. The van der Waals surface area contributed by atoms with Crippen LogP contribution < -0.4 is 0 Å². The molecule has 0 fully saturated rings. The summed E-state index contributed by atoms with van der Waals surface area (Å²) in [5.74, 6) is 1.40. The lowest BCUT2D eigenvalue weighted by molar-refractivity contribution is 0.441. The Labute approximate surface area is 203 Å². The first kappa shape index (κ1) is 20.4. The smallest absolute Gasteiger partial charge is 0.174 e. The molecule has 33 heavy (non-hydrogen) atoms. The number of nitrogens with zero attached hydrogens (tertiary/aromatic N) is 2. The second-order valence-corrected chi connectivity index (χ2v) is 9.52. The SMILES string of the molecule is Clc1cccc(-c2onc3ccc(Sc4ccc5noc(-c6cccc(Cl)c6)c5c4)cc23)c1. The van der Waals surface area contributed by atoms with E-state index < -0.39 is 0 Å². The third-order valence-corrected chi connectivity index (χ3v) is 6.75. The van der Waals surface area contributed by atoms with Gasteiger partial charge in [0.25, 0.3) is 0 Å². The van der Waals surface area contributed by atoms with Crippen LogP contribution in [0, 0.1) is 0 Å². The van der Waals surface area contributed by atoms with E-state index in [-0.39, 0.29) is 0 Å². The van der Waals surface area contributed by atoms with E-state index >= 15 is 0 Å². The quantitative estimate of drug-likeness (QED) is 0.248. The maximum Gasteiger partial charge on any atom is 0.174 e. The van der Waals surface area contributed by atoms with Gasteiger partial charge < -0.3 is 9.05 Å².